The second-order valence-corrected chi connectivity index (χ2v) is 10.8. The lowest BCUT2D eigenvalue weighted by Gasteiger charge is -2.12. The molecule has 190 valence electrons. The molecule has 10 heteroatoms. The van der Waals surface area contributed by atoms with Crippen molar-refractivity contribution in [2.75, 3.05) is 11.9 Å². The second kappa shape index (κ2) is 10.5. The molecule has 1 N–H and O–H groups in total. The minimum absolute atomic E-state index is 0.0326. The van der Waals surface area contributed by atoms with Gasteiger partial charge in [-0.3, -0.25) is 19.3 Å². The van der Waals surface area contributed by atoms with E-state index >= 15 is 0 Å². The van der Waals surface area contributed by atoms with Crippen LogP contribution in [0.5, 0.6) is 5.75 Å². The fourth-order valence-electron chi connectivity index (χ4n) is 3.77. The summed E-state index contributed by atoms with van der Waals surface area (Å²) in [6.07, 6.45) is 1.50. The van der Waals surface area contributed by atoms with Crippen molar-refractivity contribution in [2.45, 2.75) is 4.90 Å². The Hall–Kier alpha value is -4.41. The van der Waals surface area contributed by atoms with Gasteiger partial charge in [0.25, 0.3) is 11.1 Å². The number of nitrogens with zero attached hydrogens (tertiary/aromatic N) is 1. The van der Waals surface area contributed by atoms with E-state index in [9.17, 15) is 22.8 Å². The SMILES string of the molecule is O=C(CN1C(=O)S/C(=C\c2ccc(OS(=O)(=O)c3ccc4ccccc4c3)cc2)C1=O)Nc1ccccc1. The Morgan fingerprint density at radius 3 is 2.29 bits per heavy atom. The quantitative estimate of drug-likeness (QED) is 0.249. The molecule has 0 aliphatic carbocycles. The van der Waals surface area contributed by atoms with Gasteiger partial charge in [0.15, 0.2) is 0 Å². The molecule has 3 amide bonds. The van der Waals surface area contributed by atoms with E-state index in [1.54, 1.807) is 54.6 Å². The van der Waals surface area contributed by atoms with Crippen LogP contribution in [0.1, 0.15) is 5.56 Å². The third-order valence-electron chi connectivity index (χ3n) is 5.63. The number of rotatable bonds is 7. The van der Waals surface area contributed by atoms with Crippen molar-refractivity contribution < 1.29 is 27.0 Å². The highest BCUT2D eigenvalue weighted by atomic mass is 32.2. The fourth-order valence-corrected chi connectivity index (χ4v) is 5.58. The summed E-state index contributed by atoms with van der Waals surface area (Å²) in [6.45, 7) is -0.406. The standard InChI is InChI=1S/C28H20N2O6S2/c31-26(29-22-8-2-1-3-9-22)18-30-27(32)25(37-28(30)33)16-19-10-13-23(14-11-19)36-38(34,35)24-15-12-20-6-4-5-7-21(20)17-24/h1-17H,18H2,(H,29,31)/b25-16-. The Labute approximate surface area is 223 Å². The highest BCUT2D eigenvalue weighted by molar-refractivity contribution is 8.18. The van der Waals surface area contributed by atoms with Crippen LogP contribution >= 0.6 is 11.8 Å². The normalized spacial score (nSPS) is 14.7. The number of hydrogen-bond acceptors (Lipinski definition) is 7. The molecule has 1 saturated heterocycles. The second-order valence-electron chi connectivity index (χ2n) is 8.30. The van der Waals surface area contributed by atoms with E-state index in [-0.39, 0.29) is 15.6 Å². The molecule has 1 aliphatic heterocycles. The first kappa shape index (κ1) is 25.2. The number of hydrogen-bond donors (Lipinski definition) is 1. The van der Waals surface area contributed by atoms with Crippen molar-refractivity contribution in [3.63, 3.8) is 0 Å². The third-order valence-corrected chi connectivity index (χ3v) is 7.78. The van der Waals surface area contributed by atoms with E-state index in [2.05, 4.69) is 5.32 Å². The maximum Gasteiger partial charge on any atom is 0.339 e. The molecular weight excluding hydrogens is 524 g/mol. The van der Waals surface area contributed by atoms with Crippen LogP contribution in [-0.4, -0.2) is 36.9 Å². The van der Waals surface area contributed by atoms with E-state index in [1.807, 2.05) is 24.3 Å². The van der Waals surface area contributed by atoms with Crippen molar-refractivity contribution in [1.82, 2.24) is 4.90 Å². The molecule has 1 fully saturated rings. The van der Waals surface area contributed by atoms with Gasteiger partial charge in [-0.05, 0) is 70.6 Å². The zero-order valence-electron chi connectivity index (χ0n) is 19.7. The molecule has 0 saturated carbocycles. The Bertz CT molecular complexity index is 1680. The van der Waals surface area contributed by atoms with Crippen molar-refractivity contribution >= 4 is 61.5 Å². The summed E-state index contributed by atoms with van der Waals surface area (Å²) in [4.78, 5) is 38.5. The van der Waals surface area contributed by atoms with Crippen LogP contribution < -0.4 is 9.50 Å². The molecule has 0 spiro atoms. The van der Waals surface area contributed by atoms with Crippen LogP contribution in [0.15, 0.2) is 107 Å². The lowest BCUT2D eigenvalue weighted by molar-refractivity contribution is -0.127. The van der Waals surface area contributed by atoms with Gasteiger partial charge in [0.05, 0.1) is 4.91 Å². The maximum atomic E-state index is 12.8. The van der Waals surface area contributed by atoms with E-state index in [0.29, 0.717) is 11.3 Å². The smallest absolute Gasteiger partial charge is 0.339 e. The average molecular weight is 545 g/mol. The van der Waals surface area contributed by atoms with Gasteiger partial charge in [-0.15, -0.1) is 0 Å². The molecule has 0 bridgehead atoms. The maximum absolute atomic E-state index is 12.8. The van der Waals surface area contributed by atoms with Gasteiger partial charge in [-0.2, -0.15) is 8.42 Å². The number of anilines is 1. The predicted molar refractivity (Wildman–Crippen MR) is 146 cm³/mol. The molecule has 0 radical (unpaired) electrons. The molecular formula is C28H20N2O6S2. The molecule has 1 aliphatic rings. The Morgan fingerprint density at radius 2 is 1.55 bits per heavy atom. The topological polar surface area (TPSA) is 110 Å². The van der Waals surface area contributed by atoms with Crippen molar-refractivity contribution in [1.29, 1.82) is 0 Å². The predicted octanol–water partition coefficient (Wildman–Crippen LogP) is 5.28. The number of imide groups is 1. The first-order valence-corrected chi connectivity index (χ1v) is 13.6. The molecule has 1 heterocycles. The van der Waals surface area contributed by atoms with Gasteiger partial charge < -0.3 is 9.50 Å². The number of fused-ring (bicyclic) bond motifs is 1. The number of thioether (sulfide) groups is 1. The molecule has 0 aromatic heterocycles. The van der Waals surface area contributed by atoms with Crippen LogP contribution in [0.4, 0.5) is 10.5 Å². The van der Waals surface area contributed by atoms with Gasteiger partial charge in [-0.1, -0.05) is 60.7 Å². The monoisotopic (exact) mass is 544 g/mol. The van der Waals surface area contributed by atoms with Crippen molar-refractivity contribution in [2.24, 2.45) is 0 Å². The summed E-state index contributed by atoms with van der Waals surface area (Å²) < 4.78 is 30.8. The molecule has 4 aromatic rings. The van der Waals surface area contributed by atoms with Crippen LogP contribution in [0.2, 0.25) is 0 Å². The lowest BCUT2D eigenvalue weighted by atomic mass is 10.1. The summed E-state index contributed by atoms with van der Waals surface area (Å²) in [5.41, 5.74) is 1.12. The number of amides is 3. The van der Waals surface area contributed by atoms with Crippen LogP contribution in [-0.2, 0) is 19.7 Å². The zero-order chi connectivity index (χ0) is 26.7. The summed E-state index contributed by atoms with van der Waals surface area (Å²) in [5.74, 6) is -0.975. The Kier molecular flexibility index (Phi) is 6.99. The minimum Gasteiger partial charge on any atom is -0.379 e. The van der Waals surface area contributed by atoms with E-state index in [4.69, 9.17) is 4.18 Å². The molecule has 8 nitrogen and oxygen atoms in total. The minimum atomic E-state index is -4.06. The van der Waals surface area contributed by atoms with Gasteiger partial charge in [0.2, 0.25) is 5.91 Å². The first-order chi connectivity index (χ1) is 18.3. The largest absolute Gasteiger partial charge is 0.379 e. The van der Waals surface area contributed by atoms with Crippen LogP contribution in [0, 0.1) is 0 Å². The Balaban J connectivity index is 1.25. The molecule has 4 aromatic carbocycles. The summed E-state index contributed by atoms with van der Waals surface area (Å²) in [6, 6.07) is 26.9. The van der Waals surface area contributed by atoms with Crippen LogP contribution in [0.3, 0.4) is 0 Å². The van der Waals surface area contributed by atoms with Gasteiger partial charge in [-0.25, -0.2) is 0 Å². The van der Waals surface area contributed by atoms with Gasteiger partial charge >= 0.3 is 10.1 Å². The molecule has 5 rings (SSSR count). The van der Waals surface area contributed by atoms with E-state index in [1.165, 1.54) is 24.3 Å². The van der Waals surface area contributed by atoms with Gasteiger partial charge in [0.1, 0.15) is 17.2 Å². The summed E-state index contributed by atoms with van der Waals surface area (Å²) in [7, 11) is -4.06. The first-order valence-electron chi connectivity index (χ1n) is 11.4. The highest BCUT2D eigenvalue weighted by Gasteiger charge is 2.36. The lowest BCUT2D eigenvalue weighted by Crippen LogP contribution is -2.36. The molecule has 0 atom stereocenters. The molecule has 38 heavy (non-hydrogen) atoms. The number of carbonyl (C=O) groups excluding carboxylic acids is 3. The third kappa shape index (κ3) is 5.61. The van der Waals surface area contributed by atoms with E-state index in [0.717, 1.165) is 27.4 Å². The fraction of sp³-hybridized carbons (Fsp3) is 0.0357. The zero-order valence-corrected chi connectivity index (χ0v) is 21.4. The van der Waals surface area contributed by atoms with E-state index < -0.39 is 33.7 Å². The number of benzene rings is 4. The highest BCUT2D eigenvalue weighted by Crippen LogP contribution is 2.32. The Morgan fingerprint density at radius 1 is 0.868 bits per heavy atom. The van der Waals surface area contributed by atoms with Crippen molar-refractivity contribution in [3.8, 4) is 5.75 Å². The average Bonchev–Trinajstić information content (AvgIpc) is 3.17. The number of nitrogens with one attached hydrogen (secondary N) is 1. The van der Waals surface area contributed by atoms with Crippen LogP contribution in [0.25, 0.3) is 16.8 Å². The molecule has 0 unspecified atom stereocenters. The summed E-state index contributed by atoms with van der Waals surface area (Å²) in [5, 5.41) is 3.78. The van der Waals surface area contributed by atoms with Gasteiger partial charge in [0, 0.05) is 5.69 Å². The van der Waals surface area contributed by atoms with Crippen molar-refractivity contribution in [3.05, 3.63) is 108 Å². The number of carbonyl (C=O) groups is 3. The summed E-state index contributed by atoms with van der Waals surface area (Å²) >= 11 is 0.729. The number of para-hydroxylation sites is 1.